The fourth-order valence-electron chi connectivity index (χ4n) is 2.12. The number of halogens is 2. The van der Waals surface area contributed by atoms with E-state index in [1.165, 1.54) is 6.92 Å². The molecule has 1 heterocycles. The lowest BCUT2D eigenvalue weighted by atomic mass is 9.90. The van der Waals surface area contributed by atoms with Crippen LogP contribution in [-0.2, 0) is 14.8 Å². The van der Waals surface area contributed by atoms with Gasteiger partial charge < -0.3 is 5.11 Å². The Labute approximate surface area is 114 Å². The molecule has 1 unspecified atom stereocenters. The average Bonchev–Trinajstić information content (AvgIpc) is 2.77. The molecule has 2 rings (SSSR count). The summed E-state index contributed by atoms with van der Waals surface area (Å²) in [6.07, 6.45) is 0.124. The number of nitrogens with zero attached hydrogens (tertiary/aromatic N) is 1. The van der Waals surface area contributed by atoms with Crippen molar-refractivity contribution in [3.8, 4) is 0 Å². The highest BCUT2D eigenvalue weighted by atomic mass is 32.2. The number of benzene rings is 1. The molecule has 0 amide bonds. The predicted octanol–water partition coefficient (Wildman–Crippen LogP) is 1.45. The Hall–Kier alpha value is -1.54. The van der Waals surface area contributed by atoms with Crippen LogP contribution >= 0.6 is 0 Å². The Kier molecular flexibility index (Phi) is 3.55. The number of hydrogen-bond donors (Lipinski definition) is 1. The second kappa shape index (κ2) is 4.78. The molecule has 0 aromatic heterocycles. The molecular weight excluding hydrogens is 292 g/mol. The van der Waals surface area contributed by atoms with Gasteiger partial charge in [-0.3, -0.25) is 4.79 Å². The fourth-order valence-corrected chi connectivity index (χ4v) is 3.76. The van der Waals surface area contributed by atoms with Crippen LogP contribution in [0.15, 0.2) is 23.1 Å². The van der Waals surface area contributed by atoms with Gasteiger partial charge in [0.2, 0.25) is 10.0 Å². The van der Waals surface area contributed by atoms with Gasteiger partial charge in [-0.05, 0) is 25.5 Å². The summed E-state index contributed by atoms with van der Waals surface area (Å²) >= 11 is 0. The molecule has 1 fully saturated rings. The van der Waals surface area contributed by atoms with Gasteiger partial charge in [0.25, 0.3) is 0 Å². The van der Waals surface area contributed by atoms with Gasteiger partial charge in [0.1, 0.15) is 4.90 Å². The third kappa shape index (κ3) is 2.29. The minimum Gasteiger partial charge on any atom is -0.481 e. The highest BCUT2D eigenvalue weighted by Gasteiger charge is 2.45. The van der Waals surface area contributed by atoms with Gasteiger partial charge in [-0.2, -0.15) is 4.31 Å². The maximum Gasteiger partial charge on any atom is 0.310 e. The Morgan fingerprint density at radius 1 is 1.40 bits per heavy atom. The summed E-state index contributed by atoms with van der Waals surface area (Å²) in [5, 5.41) is 9.07. The maximum atomic E-state index is 13.6. The zero-order valence-electron chi connectivity index (χ0n) is 10.6. The van der Waals surface area contributed by atoms with Gasteiger partial charge in [-0.25, -0.2) is 17.2 Å². The number of carbonyl (C=O) groups is 1. The number of aliphatic carboxylic acids is 1. The Bertz CT molecular complexity index is 661. The molecule has 1 aromatic carbocycles. The van der Waals surface area contributed by atoms with Crippen LogP contribution in [0, 0.1) is 17.0 Å². The molecular formula is C12H13F2NO4S. The third-order valence-corrected chi connectivity index (χ3v) is 5.35. The van der Waals surface area contributed by atoms with Crippen LogP contribution in [0.3, 0.4) is 0 Å². The Morgan fingerprint density at radius 2 is 2.05 bits per heavy atom. The standard InChI is InChI=1S/C12H13F2NO4S/c1-12(11(16)17)5-6-15(7-12)20(18,19)9-4-2-3-8(13)10(9)14/h2-4H,5-7H2,1H3,(H,16,17). The Balaban J connectivity index is 2.38. The summed E-state index contributed by atoms with van der Waals surface area (Å²) in [7, 11) is -4.24. The first-order chi connectivity index (χ1) is 9.18. The van der Waals surface area contributed by atoms with E-state index in [2.05, 4.69) is 0 Å². The molecule has 0 saturated carbocycles. The molecule has 1 saturated heterocycles. The lowest BCUT2D eigenvalue weighted by molar-refractivity contribution is -0.146. The summed E-state index contributed by atoms with van der Waals surface area (Å²) in [5.74, 6) is -3.82. The molecule has 8 heteroatoms. The summed E-state index contributed by atoms with van der Waals surface area (Å²) < 4.78 is 52.1. The van der Waals surface area contributed by atoms with E-state index in [-0.39, 0.29) is 19.5 Å². The average molecular weight is 305 g/mol. The Morgan fingerprint density at radius 3 is 2.60 bits per heavy atom. The van der Waals surface area contributed by atoms with Gasteiger partial charge in [0.15, 0.2) is 11.6 Å². The van der Waals surface area contributed by atoms with E-state index in [4.69, 9.17) is 5.11 Å². The maximum absolute atomic E-state index is 13.6. The predicted molar refractivity (Wildman–Crippen MR) is 65.5 cm³/mol. The normalized spacial score (nSPS) is 23.9. The van der Waals surface area contributed by atoms with Gasteiger partial charge >= 0.3 is 5.97 Å². The van der Waals surface area contributed by atoms with Crippen LogP contribution in [0.2, 0.25) is 0 Å². The molecule has 0 spiro atoms. The second-order valence-corrected chi connectivity index (χ2v) is 6.91. The van der Waals surface area contributed by atoms with Crippen LogP contribution in [0.1, 0.15) is 13.3 Å². The van der Waals surface area contributed by atoms with Crippen LogP contribution < -0.4 is 0 Å². The third-order valence-electron chi connectivity index (χ3n) is 3.49. The number of sulfonamides is 1. The quantitative estimate of drug-likeness (QED) is 0.917. The lowest BCUT2D eigenvalue weighted by Crippen LogP contribution is -2.35. The van der Waals surface area contributed by atoms with Crippen molar-refractivity contribution in [3.63, 3.8) is 0 Å². The fraction of sp³-hybridized carbons (Fsp3) is 0.417. The number of rotatable bonds is 3. The van der Waals surface area contributed by atoms with Gasteiger partial charge in [-0.15, -0.1) is 0 Å². The largest absolute Gasteiger partial charge is 0.481 e. The number of hydrogen-bond acceptors (Lipinski definition) is 3. The van der Waals surface area contributed by atoms with Crippen molar-refractivity contribution in [3.05, 3.63) is 29.8 Å². The molecule has 1 N–H and O–H groups in total. The van der Waals surface area contributed by atoms with E-state index in [0.29, 0.717) is 0 Å². The number of carboxylic acids is 1. The molecule has 1 aliphatic rings. The summed E-state index contributed by atoms with van der Waals surface area (Å²) in [6, 6.07) is 2.88. The van der Waals surface area contributed by atoms with Crippen molar-refractivity contribution in [2.75, 3.05) is 13.1 Å². The molecule has 1 aromatic rings. The highest BCUT2D eigenvalue weighted by Crippen LogP contribution is 2.34. The van der Waals surface area contributed by atoms with Crippen LogP contribution in [0.25, 0.3) is 0 Å². The SMILES string of the molecule is CC1(C(=O)O)CCN(S(=O)(=O)c2cccc(F)c2F)C1. The molecule has 0 aliphatic carbocycles. The van der Waals surface area contributed by atoms with Crippen molar-refractivity contribution in [2.24, 2.45) is 5.41 Å². The van der Waals surface area contributed by atoms with Crippen LogP contribution in [0.5, 0.6) is 0 Å². The summed E-state index contributed by atoms with van der Waals surface area (Å²) in [5.41, 5.74) is -1.21. The van der Waals surface area contributed by atoms with E-state index < -0.39 is 37.9 Å². The summed E-state index contributed by atoms with van der Waals surface area (Å²) in [4.78, 5) is 10.3. The molecule has 0 radical (unpaired) electrons. The van der Waals surface area contributed by atoms with Crippen molar-refractivity contribution < 1.29 is 27.1 Å². The molecule has 5 nitrogen and oxygen atoms in total. The van der Waals surface area contributed by atoms with Crippen LogP contribution in [-0.4, -0.2) is 36.9 Å². The molecule has 1 aliphatic heterocycles. The van der Waals surface area contributed by atoms with Crippen molar-refractivity contribution in [2.45, 2.75) is 18.2 Å². The molecule has 1 atom stereocenters. The molecule has 0 bridgehead atoms. The van der Waals surface area contributed by atoms with Crippen molar-refractivity contribution >= 4 is 16.0 Å². The van der Waals surface area contributed by atoms with Gasteiger partial charge in [0, 0.05) is 13.1 Å². The minimum atomic E-state index is -4.24. The monoisotopic (exact) mass is 305 g/mol. The van der Waals surface area contributed by atoms with Crippen molar-refractivity contribution in [1.29, 1.82) is 0 Å². The van der Waals surface area contributed by atoms with E-state index in [1.54, 1.807) is 0 Å². The smallest absolute Gasteiger partial charge is 0.310 e. The van der Waals surface area contributed by atoms with Gasteiger partial charge in [-0.1, -0.05) is 6.07 Å². The molecule has 20 heavy (non-hydrogen) atoms. The zero-order chi connectivity index (χ0) is 15.1. The first kappa shape index (κ1) is 14.9. The first-order valence-electron chi connectivity index (χ1n) is 5.86. The highest BCUT2D eigenvalue weighted by molar-refractivity contribution is 7.89. The van der Waals surface area contributed by atoms with Crippen LogP contribution in [0.4, 0.5) is 8.78 Å². The minimum absolute atomic E-state index is 0.0406. The van der Waals surface area contributed by atoms with E-state index in [1.807, 2.05) is 0 Å². The van der Waals surface area contributed by atoms with Gasteiger partial charge in [0.05, 0.1) is 5.41 Å². The number of carboxylic acid groups (broad SMARTS) is 1. The lowest BCUT2D eigenvalue weighted by Gasteiger charge is -2.20. The second-order valence-electron chi connectivity index (χ2n) is 5.01. The zero-order valence-corrected chi connectivity index (χ0v) is 11.5. The van der Waals surface area contributed by atoms with E-state index >= 15 is 0 Å². The molecule has 110 valence electrons. The van der Waals surface area contributed by atoms with Crippen molar-refractivity contribution in [1.82, 2.24) is 4.31 Å². The summed E-state index contributed by atoms with van der Waals surface area (Å²) in [6.45, 7) is 1.12. The van der Waals surface area contributed by atoms with E-state index in [0.717, 1.165) is 22.5 Å². The topological polar surface area (TPSA) is 74.7 Å². The van der Waals surface area contributed by atoms with E-state index in [9.17, 15) is 22.0 Å². The first-order valence-corrected chi connectivity index (χ1v) is 7.30.